The molecule has 0 fully saturated rings. The molecule has 0 spiro atoms. The normalized spacial score (nSPS) is 12.3. The van der Waals surface area contributed by atoms with Gasteiger partial charge in [-0.25, -0.2) is 0 Å². The molecule has 1 aromatic carbocycles. The minimum Gasteiger partial charge on any atom is -0.493 e. The van der Waals surface area contributed by atoms with Gasteiger partial charge in [0.15, 0.2) is 11.5 Å². The molecule has 1 N–H and O–H groups in total. The Hall–Kier alpha value is -0.780. The Morgan fingerprint density at radius 2 is 2.05 bits per heavy atom. The van der Waals surface area contributed by atoms with Crippen LogP contribution in [-0.2, 0) is 11.3 Å². The van der Waals surface area contributed by atoms with Crippen LogP contribution in [-0.4, -0.2) is 33.5 Å². The lowest BCUT2D eigenvalue weighted by Gasteiger charge is -2.15. The fourth-order valence-electron chi connectivity index (χ4n) is 1.66. The Balaban J connectivity index is 2.72. The average Bonchev–Trinajstić information content (AvgIpc) is 2.41. The molecule has 5 heteroatoms. The minimum atomic E-state index is 0.202. The number of hydrogen-bond acceptors (Lipinski definition) is 4. The van der Waals surface area contributed by atoms with Gasteiger partial charge in [0.2, 0.25) is 0 Å². The Bertz CT molecular complexity index is 399. The largest absolute Gasteiger partial charge is 0.493 e. The summed E-state index contributed by atoms with van der Waals surface area (Å²) in [6.07, 6.45) is 0.202. The molecule has 0 aliphatic carbocycles. The van der Waals surface area contributed by atoms with E-state index in [1.165, 1.54) is 0 Å². The monoisotopic (exact) mass is 331 g/mol. The van der Waals surface area contributed by atoms with Crippen molar-refractivity contribution < 1.29 is 14.2 Å². The van der Waals surface area contributed by atoms with Crippen LogP contribution in [0.4, 0.5) is 0 Å². The minimum absolute atomic E-state index is 0.202. The van der Waals surface area contributed by atoms with Gasteiger partial charge in [0.1, 0.15) is 0 Å². The Morgan fingerprint density at radius 1 is 1.32 bits per heavy atom. The maximum absolute atomic E-state index is 5.56. The van der Waals surface area contributed by atoms with Gasteiger partial charge in [0, 0.05) is 20.2 Å². The zero-order valence-corrected chi connectivity index (χ0v) is 13.5. The highest BCUT2D eigenvalue weighted by atomic mass is 79.9. The molecular formula is C14H22BrNO3. The van der Waals surface area contributed by atoms with E-state index in [0.29, 0.717) is 6.61 Å². The second-order valence-electron chi connectivity index (χ2n) is 4.22. The van der Waals surface area contributed by atoms with E-state index in [9.17, 15) is 0 Å². The number of halogens is 1. The van der Waals surface area contributed by atoms with Crippen molar-refractivity contribution in [1.29, 1.82) is 0 Å². The second-order valence-corrected chi connectivity index (χ2v) is 5.07. The number of nitrogens with one attached hydrogen (secondary N) is 1. The van der Waals surface area contributed by atoms with Gasteiger partial charge < -0.3 is 19.5 Å². The first kappa shape index (κ1) is 16.3. The summed E-state index contributed by atoms with van der Waals surface area (Å²) >= 11 is 3.52. The number of rotatable bonds is 8. The molecule has 0 aliphatic rings. The van der Waals surface area contributed by atoms with Gasteiger partial charge in [-0.05, 0) is 47.5 Å². The molecular weight excluding hydrogens is 310 g/mol. The van der Waals surface area contributed by atoms with E-state index < -0.39 is 0 Å². The summed E-state index contributed by atoms with van der Waals surface area (Å²) in [7, 11) is 3.36. The summed E-state index contributed by atoms with van der Waals surface area (Å²) in [6.45, 7) is 6.16. The van der Waals surface area contributed by atoms with Gasteiger partial charge in [0.05, 0.1) is 24.3 Å². The van der Waals surface area contributed by atoms with E-state index >= 15 is 0 Å². The number of benzene rings is 1. The SMILES string of the molecule is CCOc1c(Br)cc(CNCC(C)OC)cc1OC. The van der Waals surface area contributed by atoms with Crippen molar-refractivity contribution >= 4 is 15.9 Å². The van der Waals surface area contributed by atoms with Gasteiger partial charge in [0.25, 0.3) is 0 Å². The molecule has 1 atom stereocenters. The molecule has 1 unspecified atom stereocenters. The van der Waals surface area contributed by atoms with E-state index in [0.717, 1.165) is 34.6 Å². The van der Waals surface area contributed by atoms with Crippen molar-refractivity contribution in [2.24, 2.45) is 0 Å². The van der Waals surface area contributed by atoms with E-state index in [1.807, 2.05) is 26.0 Å². The van der Waals surface area contributed by atoms with Crippen molar-refractivity contribution in [3.8, 4) is 11.5 Å². The lowest BCUT2D eigenvalue weighted by molar-refractivity contribution is 0.117. The zero-order valence-electron chi connectivity index (χ0n) is 12.0. The van der Waals surface area contributed by atoms with Crippen molar-refractivity contribution in [1.82, 2.24) is 5.32 Å². The molecule has 19 heavy (non-hydrogen) atoms. The van der Waals surface area contributed by atoms with Crippen molar-refractivity contribution in [2.45, 2.75) is 26.5 Å². The molecule has 0 saturated heterocycles. The molecule has 1 rings (SSSR count). The molecule has 1 aromatic rings. The first-order chi connectivity index (χ1) is 9.12. The molecule has 108 valence electrons. The van der Waals surface area contributed by atoms with E-state index in [1.54, 1.807) is 14.2 Å². The number of hydrogen-bond donors (Lipinski definition) is 1. The Kier molecular flexibility index (Phi) is 7.20. The van der Waals surface area contributed by atoms with Crippen LogP contribution >= 0.6 is 15.9 Å². The van der Waals surface area contributed by atoms with Crippen LogP contribution in [0.25, 0.3) is 0 Å². The van der Waals surface area contributed by atoms with E-state index in [4.69, 9.17) is 14.2 Å². The van der Waals surface area contributed by atoms with Crippen LogP contribution < -0.4 is 14.8 Å². The maximum Gasteiger partial charge on any atom is 0.175 e. The fraction of sp³-hybridized carbons (Fsp3) is 0.571. The van der Waals surface area contributed by atoms with Crippen molar-refractivity contribution in [3.63, 3.8) is 0 Å². The standard InChI is InChI=1S/C14H22BrNO3/c1-5-19-14-12(15)6-11(7-13(14)18-4)9-16-8-10(2)17-3/h6-7,10,16H,5,8-9H2,1-4H3. The highest BCUT2D eigenvalue weighted by Gasteiger charge is 2.11. The highest BCUT2D eigenvalue weighted by Crippen LogP contribution is 2.36. The summed E-state index contributed by atoms with van der Waals surface area (Å²) in [4.78, 5) is 0. The summed E-state index contributed by atoms with van der Waals surface area (Å²) < 4.78 is 17.0. The van der Waals surface area contributed by atoms with Crippen molar-refractivity contribution in [3.05, 3.63) is 22.2 Å². The zero-order chi connectivity index (χ0) is 14.3. The van der Waals surface area contributed by atoms with E-state index in [2.05, 4.69) is 21.2 Å². The van der Waals surface area contributed by atoms with Gasteiger partial charge in [-0.2, -0.15) is 0 Å². The fourth-order valence-corrected chi connectivity index (χ4v) is 2.27. The van der Waals surface area contributed by atoms with Crippen LogP contribution in [0.1, 0.15) is 19.4 Å². The maximum atomic E-state index is 5.56. The Morgan fingerprint density at radius 3 is 2.63 bits per heavy atom. The first-order valence-electron chi connectivity index (χ1n) is 6.35. The van der Waals surface area contributed by atoms with Gasteiger partial charge in [-0.3, -0.25) is 0 Å². The first-order valence-corrected chi connectivity index (χ1v) is 7.14. The summed E-state index contributed by atoms with van der Waals surface area (Å²) in [5.41, 5.74) is 1.13. The molecule has 0 amide bonds. The second kappa shape index (κ2) is 8.40. The number of methoxy groups -OCH3 is 2. The molecule has 0 aliphatic heterocycles. The molecule has 0 heterocycles. The van der Waals surface area contributed by atoms with Gasteiger partial charge in [-0.15, -0.1) is 0 Å². The summed E-state index contributed by atoms with van der Waals surface area (Å²) in [5, 5.41) is 3.34. The van der Waals surface area contributed by atoms with Crippen molar-refractivity contribution in [2.75, 3.05) is 27.4 Å². The van der Waals surface area contributed by atoms with Crippen LogP contribution in [0.5, 0.6) is 11.5 Å². The van der Waals surface area contributed by atoms with E-state index in [-0.39, 0.29) is 6.10 Å². The molecule has 4 nitrogen and oxygen atoms in total. The highest BCUT2D eigenvalue weighted by molar-refractivity contribution is 9.10. The predicted molar refractivity (Wildman–Crippen MR) is 80.0 cm³/mol. The van der Waals surface area contributed by atoms with Crippen LogP contribution in [0.15, 0.2) is 16.6 Å². The quantitative estimate of drug-likeness (QED) is 0.794. The lowest BCUT2D eigenvalue weighted by atomic mass is 10.2. The smallest absolute Gasteiger partial charge is 0.175 e. The predicted octanol–water partition coefficient (Wildman–Crippen LogP) is 2.98. The van der Waals surface area contributed by atoms with Gasteiger partial charge >= 0.3 is 0 Å². The Labute approximate surface area is 123 Å². The topological polar surface area (TPSA) is 39.7 Å². The third-order valence-corrected chi connectivity index (χ3v) is 3.33. The molecule has 0 radical (unpaired) electrons. The number of ether oxygens (including phenoxy) is 3. The average molecular weight is 332 g/mol. The third-order valence-electron chi connectivity index (χ3n) is 2.74. The molecule has 0 bridgehead atoms. The summed E-state index contributed by atoms with van der Waals surface area (Å²) in [6, 6.07) is 4.03. The van der Waals surface area contributed by atoms with Crippen LogP contribution in [0, 0.1) is 0 Å². The van der Waals surface area contributed by atoms with Crippen LogP contribution in [0.3, 0.4) is 0 Å². The third kappa shape index (κ3) is 5.01. The van der Waals surface area contributed by atoms with Crippen LogP contribution in [0.2, 0.25) is 0 Å². The molecule has 0 aromatic heterocycles. The summed E-state index contributed by atoms with van der Waals surface area (Å²) in [5.74, 6) is 1.49. The molecule has 0 saturated carbocycles. The lowest BCUT2D eigenvalue weighted by Crippen LogP contribution is -2.25. The van der Waals surface area contributed by atoms with Gasteiger partial charge in [-0.1, -0.05) is 0 Å².